The summed E-state index contributed by atoms with van der Waals surface area (Å²) in [4.78, 5) is 25.7. The number of thioether (sulfide) groups is 1. The van der Waals surface area contributed by atoms with Crippen molar-refractivity contribution in [3.8, 4) is 0 Å². The summed E-state index contributed by atoms with van der Waals surface area (Å²) in [6, 6.07) is 3.35. The zero-order chi connectivity index (χ0) is 12.7. The molecule has 0 aliphatic rings. The molecule has 0 radical (unpaired) electrons. The number of hydrogen-bond donors (Lipinski definition) is 2. The van der Waals surface area contributed by atoms with E-state index in [0.717, 1.165) is 4.47 Å². The van der Waals surface area contributed by atoms with E-state index in [1.807, 2.05) is 0 Å². The van der Waals surface area contributed by atoms with Gasteiger partial charge >= 0.3 is 5.97 Å². The quantitative estimate of drug-likeness (QED) is 0.775. The van der Waals surface area contributed by atoms with Crippen molar-refractivity contribution in [2.75, 3.05) is 18.1 Å². The number of halogens is 1. The molecule has 0 fully saturated rings. The predicted octanol–water partition coefficient (Wildman–Crippen LogP) is 1.39. The van der Waals surface area contributed by atoms with Gasteiger partial charge in [0.2, 0.25) is 0 Å². The third kappa shape index (κ3) is 5.69. The van der Waals surface area contributed by atoms with Crippen LogP contribution in [0.15, 0.2) is 22.8 Å². The molecule has 0 saturated heterocycles. The van der Waals surface area contributed by atoms with E-state index < -0.39 is 5.97 Å². The lowest BCUT2D eigenvalue weighted by Crippen LogP contribution is -2.26. The number of hydrogen-bond acceptors (Lipinski definition) is 4. The van der Waals surface area contributed by atoms with Crippen LogP contribution in [0.25, 0.3) is 0 Å². The van der Waals surface area contributed by atoms with Crippen LogP contribution in [0.3, 0.4) is 0 Å². The number of rotatable bonds is 6. The fourth-order valence-corrected chi connectivity index (χ4v) is 1.80. The van der Waals surface area contributed by atoms with Crippen LogP contribution < -0.4 is 5.32 Å². The molecule has 0 bridgehead atoms. The average Bonchev–Trinajstić information content (AvgIpc) is 2.29. The highest BCUT2D eigenvalue weighted by Gasteiger charge is 2.05. The van der Waals surface area contributed by atoms with E-state index in [1.165, 1.54) is 11.8 Å². The minimum Gasteiger partial charge on any atom is -0.481 e. The van der Waals surface area contributed by atoms with Crippen molar-refractivity contribution in [1.82, 2.24) is 10.3 Å². The number of amides is 1. The van der Waals surface area contributed by atoms with Gasteiger partial charge in [-0.2, -0.15) is 0 Å². The van der Waals surface area contributed by atoms with Crippen LogP contribution in [0, 0.1) is 0 Å². The van der Waals surface area contributed by atoms with E-state index in [0.29, 0.717) is 18.0 Å². The Labute approximate surface area is 111 Å². The smallest absolute Gasteiger partial charge is 0.313 e. The molecule has 0 aromatic carbocycles. The Morgan fingerprint density at radius 2 is 2.24 bits per heavy atom. The molecule has 1 aromatic heterocycles. The van der Waals surface area contributed by atoms with Crippen molar-refractivity contribution in [3.05, 3.63) is 28.5 Å². The lowest BCUT2D eigenvalue weighted by atomic mass is 10.3. The SMILES string of the molecule is O=C(O)CSCCNC(=O)c1ccc(Br)cn1. The summed E-state index contributed by atoms with van der Waals surface area (Å²) in [5.41, 5.74) is 0.344. The molecule has 0 aliphatic heterocycles. The van der Waals surface area contributed by atoms with Crippen LogP contribution in [-0.2, 0) is 4.79 Å². The summed E-state index contributed by atoms with van der Waals surface area (Å²) in [7, 11) is 0. The van der Waals surface area contributed by atoms with E-state index >= 15 is 0 Å². The number of carboxylic acids is 1. The molecule has 0 atom stereocenters. The molecule has 1 heterocycles. The summed E-state index contributed by atoms with van der Waals surface area (Å²) < 4.78 is 0.811. The molecule has 0 saturated carbocycles. The third-order valence-electron chi connectivity index (χ3n) is 1.72. The van der Waals surface area contributed by atoms with Gasteiger partial charge in [0.15, 0.2) is 0 Å². The Morgan fingerprint density at radius 1 is 1.47 bits per heavy atom. The molecule has 2 N–H and O–H groups in total. The lowest BCUT2D eigenvalue weighted by Gasteiger charge is -2.03. The first-order valence-electron chi connectivity index (χ1n) is 4.79. The molecule has 5 nitrogen and oxygen atoms in total. The summed E-state index contributed by atoms with van der Waals surface area (Å²) in [6.45, 7) is 0.425. The highest BCUT2D eigenvalue weighted by atomic mass is 79.9. The van der Waals surface area contributed by atoms with Gasteiger partial charge < -0.3 is 10.4 Å². The number of pyridine rings is 1. The topological polar surface area (TPSA) is 79.3 Å². The maximum absolute atomic E-state index is 11.5. The Balaban J connectivity index is 2.25. The summed E-state index contributed by atoms with van der Waals surface area (Å²) in [6.07, 6.45) is 1.55. The van der Waals surface area contributed by atoms with Gasteiger partial charge in [-0.1, -0.05) is 0 Å². The molecular weight excluding hydrogens is 308 g/mol. The Morgan fingerprint density at radius 3 is 2.82 bits per heavy atom. The highest BCUT2D eigenvalue weighted by Crippen LogP contribution is 2.07. The van der Waals surface area contributed by atoms with Gasteiger partial charge in [-0.3, -0.25) is 9.59 Å². The lowest BCUT2D eigenvalue weighted by molar-refractivity contribution is -0.133. The van der Waals surface area contributed by atoms with Crippen molar-refractivity contribution in [1.29, 1.82) is 0 Å². The molecule has 92 valence electrons. The van der Waals surface area contributed by atoms with E-state index in [2.05, 4.69) is 26.2 Å². The van der Waals surface area contributed by atoms with Gasteiger partial charge in [0, 0.05) is 23.0 Å². The molecule has 0 spiro atoms. The second-order valence-electron chi connectivity index (χ2n) is 3.06. The zero-order valence-corrected chi connectivity index (χ0v) is 11.3. The minimum atomic E-state index is -0.851. The van der Waals surface area contributed by atoms with Gasteiger partial charge in [-0.15, -0.1) is 11.8 Å². The molecule has 1 aromatic rings. The van der Waals surface area contributed by atoms with Gasteiger partial charge in [-0.25, -0.2) is 4.98 Å². The second kappa shape index (κ2) is 7.29. The van der Waals surface area contributed by atoms with E-state index in [1.54, 1.807) is 18.3 Å². The molecule has 7 heteroatoms. The first kappa shape index (κ1) is 14.0. The fourth-order valence-electron chi connectivity index (χ4n) is 0.997. The van der Waals surface area contributed by atoms with Gasteiger partial charge in [0.1, 0.15) is 5.69 Å². The fraction of sp³-hybridized carbons (Fsp3) is 0.300. The van der Waals surface area contributed by atoms with E-state index in [4.69, 9.17) is 5.11 Å². The summed E-state index contributed by atoms with van der Waals surface area (Å²) >= 11 is 4.49. The van der Waals surface area contributed by atoms with Crippen LogP contribution in [0.4, 0.5) is 0 Å². The monoisotopic (exact) mass is 318 g/mol. The standard InChI is InChI=1S/C10H11BrN2O3S/c11-7-1-2-8(13-5-7)10(16)12-3-4-17-6-9(14)15/h1-2,5H,3-4,6H2,(H,12,16)(H,14,15). The maximum atomic E-state index is 11.5. The number of nitrogens with zero attached hydrogens (tertiary/aromatic N) is 1. The van der Waals surface area contributed by atoms with Crippen molar-refractivity contribution in [3.63, 3.8) is 0 Å². The van der Waals surface area contributed by atoms with Crippen LogP contribution in [-0.4, -0.2) is 40.0 Å². The largest absolute Gasteiger partial charge is 0.481 e. The summed E-state index contributed by atoms with van der Waals surface area (Å²) in [5.74, 6) is -0.495. The first-order chi connectivity index (χ1) is 8.09. The van der Waals surface area contributed by atoms with E-state index in [9.17, 15) is 9.59 Å². The van der Waals surface area contributed by atoms with Gasteiger partial charge in [-0.05, 0) is 28.1 Å². The maximum Gasteiger partial charge on any atom is 0.313 e. The van der Waals surface area contributed by atoms with Crippen molar-refractivity contribution in [2.45, 2.75) is 0 Å². The molecule has 1 rings (SSSR count). The van der Waals surface area contributed by atoms with Crippen LogP contribution in [0.5, 0.6) is 0 Å². The van der Waals surface area contributed by atoms with Crippen LogP contribution >= 0.6 is 27.7 Å². The highest BCUT2D eigenvalue weighted by molar-refractivity contribution is 9.10. The number of carbonyl (C=O) groups excluding carboxylic acids is 1. The van der Waals surface area contributed by atoms with Crippen molar-refractivity contribution < 1.29 is 14.7 Å². The number of nitrogens with one attached hydrogen (secondary N) is 1. The number of aromatic nitrogens is 1. The molecule has 0 aliphatic carbocycles. The Bertz CT molecular complexity index is 397. The number of aliphatic carboxylic acids is 1. The average molecular weight is 319 g/mol. The third-order valence-corrected chi connectivity index (χ3v) is 3.13. The Kier molecular flexibility index (Phi) is 5.99. The van der Waals surface area contributed by atoms with Gasteiger partial charge in [0.25, 0.3) is 5.91 Å². The van der Waals surface area contributed by atoms with Crippen LogP contribution in [0.2, 0.25) is 0 Å². The molecular formula is C10H11BrN2O3S. The first-order valence-corrected chi connectivity index (χ1v) is 6.73. The van der Waals surface area contributed by atoms with Crippen molar-refractivity contribution >= 4 is 39.6 Å². The normalized spacial score (nSPS) is 9.94. The molecule has 17 heavy (non-hydrogen) atoms. The van der Waals surface area contributed by atoms with E-state index in [-0.39, 0.29) is 11.7 Å². The number of carbonyl (C=O) groups is 2. The predicted molar refractivity (Wildman–Crippen MR) is 69.2 cm³/mol. The number of carboxylic acid groups (broad SMARTS) is 1. The summed E-state index contributed by atoms with van der Waals surface area (Å²) in [5, 5.41) is 11.1. The Hall–Kier alpha value is -1.08. The van der Waals surface area contributed by atoms with Crippen molar-refractivity contribution in [2.24, 2.45) is 0 Å². The van der Waals surface area contributed by atoms with Gasteiger partial charge in [0.05, 0.1) is 5.75 Å². The second-order valence-corrected chi connectivity index (χ2v) is 5.08. The zero-order valence-electron chi connectivity index (χ0n) is 8.85. The molecule has 1 amide bonds. The molecule has 0 unspecified atom stereocenters. The van der Waals surface area contributed by atoms with Crippen LogP contribution in [0.1, 0.15) is 10.5 Å². The minimum absolute atomic E-state index is 0.0480.